The SMILES string of the molecule is C=CCOC=C[C@@H](C)O. The summed E-state index contributed by atoms with van der Waals surface area (Å²) in [4.78, 5) is 0. The van der Waals surface area contributed by atoms with Gasteiger partial charge in [0.25, 0.3) is 0 Å². The van der Waals surface area contributed by atoms with Gasteiger partial charge in [0.1, 0.15) is 6.61 Å². The zero-order valence-electron chi connectivity index (χ0n) is 5.58. The molecule has 0 aromatic carbocycles. The second kappa shape index (κ2) is 5.38. The summed E-state index contributed by atoms with van der Waals surface area (Å²) in [6, 6.07) is 0. The molecule has 0 aliphatic carbocycles. The second-order valence-corrected chi connectivity index (χ2v) is 1.69. The molecule has 0 aliphatic heterocycles. The van der Waals surface area contributed by atoms with Crippen LogP contribution in [0.3, 0.4) is 0 Å². The van der Waals surface area contributed by atoms with Crippen LogP contribution in [0.2, 0.25) is 0 Å². The molecule has 52 valence electrons. The van der Waals surface area contributed by atoms with Crippen LogP contribution in [0.25, 0.3) is 0 Å². The van der Waals surface area contributed by atoms with Crippen LogP contribution in [0, 0.1) is 0 Å². The summed E-state index contributed by atoms with van der Waals surface area (Å²) in [5.74, 6) is 0. The van der Waals surface area contributed by atoms with E-state index >= 15 is 0 Å². The molecule has 0 aromatic rings. The average molecular weight is 128 g/mol. The minimum Gasteiger partial charge on any atom is -0.497 e. The highest BCUT2D eigenvalue weighted by Crippen LogP contribution is 1.83. The van der Waals surface area contributed by atoms with Crippen molar-refractivity contribution in [1.29, 1.82) is 0 Å². The molecule has 0 bridgehead atoms. The number of hydrogen-bond donors (Lipinski definition) is 1. The zero-order chi connectivity index (χ0) is 7.11. The number of aliphatic hydroxyl groups excluding tert-OH is 1. The molecule has 1 N–H and O–H groups in total. The lowest BCUT2D eigenvalue weighted by atomic mass is 10.4. The van der Waals surface area contributed by atoms with Crippen molar-refractivity contribution in [3.63, 3.8) is 0 Å². The molecule has 0 rings (SSSR count). The van der Waals surface area contributed by atoms with Gasteiger partial charge in [-0.3, -0.25) is 0 Å². The maximum Gasteiger partial charge on any atom is 0.105 e. The summed E-state index contributed by atoms with van der Waals surface area (Å²) < 4.78 is 4.84. The minimum atomic E-state index is -0.435. The van der Waals surface area contributed by atoms with Crippen molar-refractivity contribution in [2.75, 3.05) is 6.61 Å². The van der Waals surface area contributed by atoms with Gasteiger partial charge in [-0.1, -0.05) is 12.7 Å². The predicted molar refractivity (Wildman–Crippen MR) is 37.0 cm³/mol. The Bertz CT molecular complexity index is 95.1. The van der Waals surface area contributed by atoms with Gasteiger partial charge >= 0.3 is 0 Å². The van der Waals surface area contributed by atoms with Gasteiger partial charge in [0.15, 0.2) is 0 Å². The van der Waals surface area contributed by atoms with Crippen LogP contribution in [0.1, 0.15) is 6.92 Å². The maximum atomic E-state index is 8.66. The molecule has 9 heavy (non-hydrogen) atoms. The van der Waals surface area contributed by atoms with Gasteiger partial charge in [0.2, 0.25) is 0 Å². The first-order valence-corrected chi connectivity index (χ1v) is 2.84. The van der Waals surface area contributed by atoms with Crippen LogP contribution >= 0.6 is 0 Å². The molecule has 0 fully saturated rings. The molecule has 2 nitrogen and oxygen atoms in total. The summed E-state index contributed by atoms with van der Waals surface area (Å²) in [6.45, 7) is 5.61. The van der Waals surface area contributed by atoms with Crippen LogP contribution in [-0.2, 0) is 4.74 Å². The third kappa shape index (κ3) is 7.24. The predicted octanol–water partition coefficient (Wildman–Crippen LogP) is 1.08. The van der Waals surface area contributed by atoms with Gasteiger partial charge < -0.3 is 9.84 Å². The van der Waals surface area contributed by atoms with E-state index in [4.69, 9.17) is 9.84 Å². The molecule has 0 aliphatic rings. The van der Waals surface area contributed by atoms with E-state index in [1.165, 1.54) is 6.26 Å². The molecule has 0 unspecified atom stereocenters. The van der Waals surface area contributed by atoms with Gasteiger partial charge in [-0.15, -0.1) is 0 Å². The highest BCUT2D eigenvalue weighted by molar-refractivity contribution is 4.80. The first-order chi connectivity index (χ1) is 4.27. The largest absolute Gasteiger partial charge is 0.497 e. The number of rotatable bonds is 4. The third-order valence-corrected chi connectivity index (χ3v) is 0.667. The van der Waals surface area contributed by atoms with Crippen molar-refractivity contribution in [2.45, 2.75) is 13.0 Å². The van der Waals surface area contributed by atoms with E-state index in [9.17, 15) is 0 Å². The van der Waals surface area contributed by atoms with E-state index in [1.54, 1.807) is 19.1 Å². The van der Waals surface area contributed by atoms with Crippen molar-refractivity contribution in [3.05, 3.63) is 25.0 Å². The van der Waals surface area contributed by atoms with E-state index < -0.39 is 6.10 Å². The van der Waals surface area contributed by atoms with Crippen molar-refractivity contribution >= 4 is 0 Å². The lowest BCUT2D eigenvalue weighted by molar-refractivity contribution is 0.231. The second-order valence-electron chi connectivity index (χ2n) is 1.69. The number of ether oxygens (including phenoxy) is 1. The molecule has 0 radical (unpaired) electrons. The topological polar surface area (TPSA) is 29.5 Å². The summed E-state index contributed by atoms with van der Waals surface area (Å²) in [5.41, 5.74) is 0. The Balaban J connectivity index is 3.14. The van der Waals surface area contributed by atoms with E-state index in [0.29, 0.717) is 6.61 Å². The fourth-order valence-corrected chi connectivity index (χ4v) is 0.293. The summed E-state index contributed by atoms with van der Waals surface area (Å²) >= 11 is 0. The molecule has 1 atom stereocenters. The fraction of sp³-hybridized carbons (Fsp3) is 0.429. The van der Waals surface area contributed by atoms with Crippen LogP contribution in [-0.4, -0.2) is 17.8 Å². The zero-order valence-corrected chi connectivity index (χ0v) is 5.58. The van der Waals surface area contributed by atoms with Crippen LogP contribution in [0.5, 0.6) is 0 Å². The molecular weight excluding hydrogens is 116 g/mol. The normalized spacial score (nSPS) is 13.6. The minimum absolute atomic E-state index is 0.435. The summed E-state index contributed by atoms with van der Waals surface area (Å²) in [6.07, 6.45) is 4.23. The average Bonchev–Trinajstić information content (AvgIpc) is 1.80. The molecule has 0 saturated carbocycles. The Kier molecular flexibility index (Phi) is 4.92. The molecular formula is C7H12O2. The lowest BCUT2D eigenvalue weighted by Gasteiger charge is -1.94. The van der Waals surface area contributed by atoms with Gasteiger partial charge in [0, 0.05) is 0 Å². The van der Waals surface area contributed by atoms with E-state index in [2.05, 4.69) is 6.58 Å². The van der Waals surface area contributed by atoms with Crippen LogP contribution in [0.15, 0.2) is 25.0 Å². The smallest absolute Gasteiger partial charge is 0.105 e. The fourth-order valence-electron chi connectivity index (χ4n) is 0.293. The highest BCUT2D eigenvalue weighted by atomic mass is 16.5. The van der Waals surface area contributed by atoms with E-state index in [1.807, 2.05) is 0 Å². The van der Waals surface area contributed by atoms with Crippen molar-refractivity contribution in [2.24, 2.45) is 0 Å². The number of aliphatic hydroxyl groups is 1. The Morgan fingerprint density at radius 1 is 1.78 bits per heavy atom. The Labute approximate surface area is 55.5 Å². The monoisotopic (exact) mass is 128 g/mol. The first-order valence-electron chi connectivity index (χ1n) is 2.84. The van der Waals surface area contributed by atoms with Crippen LogP contribution < -0.4 is 0 Å². The summed E-state index contributed by atoms with van der Waals surface area (Å²) in [5, 5.41) is 8.66. The summed E-state index contributed by atoms with van der Waals surface area (Å²) in [7, 11) is 0. The standard InChI is InChI=1S/C7H12O2/c1-3-5-9-6-4-7(2)8/h3-4,6-8H,1,5H2,2H3/t7-/m1/s1. The number of hydrogen-bond acceptors (Lipinski definition) is 2. The molecule has 0 aromatic heterocycles. The quantitative estimate of drug-likeness (QED) is 0.349. The van der Waals surface area contributed by atoms with Gasteiger partial charge in [-0.05, 0) is 13.0 Å². The Morgan fingerprint density at radius 3 is 2.89 bits per heavy atom. The van der Waals surface area contributed by atoms with E-state index in [0.717, 1.165) is 0 Å². The van der Waals surface area contributed by atoms with E-state index in [-0.39, 0.29) is 0 Å². The molecule has 0 amide bonds. The molecule has 2 heteroatoms. The first kappa shape index (κ1) is 8.24. The van der Waals surface area contributed by atoms with Crippen molar-refractivity contribution in [3.8, 4) is 0 Å². The molecule has 0 spiro atoms. The Hall–Kier alpha value is -0.760. The highest BCUT2D eigenvalue weighted by Gasteiger charge is 1.82. The third-order valence-electron chi connectivity index (χ3n) is 0.667. The Morgan fingerprint density at radius 2 is 2.44 bits per heavy atom. The van der Waals surface area contributed by atoms with Gasteiger partial charge in [-0.25, -0.2) is 0 Å². The lowest BCUT2D eigenvalue weighted by Crippen LogP contribution is -1.92. The van der Waals surface area contributed by atoms with Crippen molar-refractivity contribution < 1.29 is 9.84 Å². The molecule has 0 saturated heterocycles. The van der Waals surface area contributed by atoms with Gasteiger partial charge in [0.05, 0.1) is 12.4 Å². The van der Waals surface area contributed by atoms with Crippen LogP contribution in [0.4, 0.5) is 0 Å². The maximum absolute atomic E-state index is 8.66. The molecule has 0 heterocycles. The van der Waals surface area contributed by atoms with Crippen molar-refractivity contribution in [1.82, 2.24) is 0 Å². The van der Waals surface area contributed by atoms with Gasteiger partial charge in [-0.2, -0.15) is 0 Å².